The van der Waals surface area contributed by atoms with Crippen LogP contribution in [-0.4, -0.2) is 27.3 Å². The van der Waals surface area contributed by atoms with E-state index in [1.165, 1.54) is 0 Å². The van der Waals surface area contributed by atoms with E-state index in [0.29, 0.717) is 26.8 Å². The highest BCUT2D eigenvalue weighted by Crippen LogP contribution is 2.38. The van der Waals surface area contributed by atoms with Crippen LogP contribution in [0.15, 0.2) is 24.5 Å². The van der Waals surface area contributed by atoms with E-state index in [4.69, 9.17) is 33.8 Å². The molecule has 136 valence electrons. The van der Waals surface area contributed by atoms with Gasteiger partial charge in [0.2, 0.25) is 0 Å². The second-order valence-corrected chi connectivity index (χ2v) is 6.95. The molecule has 0 saturated carbocycles. The second-order valence-electron chi connectivity index (χ2n) is 6.16. The molecule has 0 spiro atoms. The van der Waals surface area contributed by atoms with Crippen LogP contribution in [0.3, 0.4) is 0 Å². The zero-order valence-corrected chi connectivity index (χ0v) is 15.3. The molecular weight excluding hydrogens is 377 g/mol. The van der Waals surface area contributed by atoms with Crippen molar-refractivity contribution >= 4 is 40.0 Å². The Morgan fingerprint density at radius 2 is 2.23 bits per heavy atom. The van der Waals surface area contributed by atoms with Crippen LogP contribution in [0.4, 0.5) is 0 Å². The lowest BCUT2D eigenvalue weighted by Crippen LogP contribution is -2.30. The minimum absolute atomic E-state index is 0.0903. The van der Waals surface area contributed by atoms with E-state index < -0.39 is 5.91 Å². The number of rotatable bonds is 3. The molecule has 2 aromatic heterocycles. The predicted molar refractivity (Wildman–Crippen MR) is 100 cm³/mol. The maximum Gasteiger partial charge on any atom is 0.282 e. The first kappa shape index (κ1) is 17.4. The number of fused-ring (bicyclic) bond motifs is 1. The molecule has 3 heterocycles. The van der Waals surface area contributed by atoms with Gasteiger partial charge in [-0.05, 0) is 25.3 Å². The number of nitrogens with zero attached hydrogens (tertiary/aromatic N) is 2. The van der Waals surface area contributed by atoms with Crippen molar-refractivity contribution in [1.29, 1.82) is 0 Å². The van der Waals surface area contributed by atoms with Crippen molar-refractivity contribution in [3.8, 4) is 11.1 Å². The highest BCUT2D eigenvalue weighted by atomic mass is 35.5. The van der Waals surface area contributed by atoms with Crippen molar-refractivity contribution in [3.05, 3.63) is 40.3 Å². The molecule has 4 N–H and O–H groups in total. The van der Waals surface area contributed by atoms with Gasteiger partial charge in [0.15, 0.2) is 0 Å². The van der Waals surface area contributed by atoms with Gasteiger partial charge in [-0.15, -0.1) is 0 Å². The summed E-state index contributed by atoms with van der Waals surface area (Å²) < 4.78 is 7.56. The monoisotopic (exact) mass is 393 g/mol. The molecule has 1 aliphatic rings. The van der Waals surface area contributed by atoms with E-state index in [2.05, 4.69) is 15.5 Å². The van der Waals surface area contributed by atoms with Crippen LogP contribution in [0.1, 0.15) is 36.0 Å². The summed E-state index contributed by atoms with van der Waals surface area (Å²) in [6.07, 6.45) is 6.55. The average molecular weight is 394 g/mol. The molecule has 0 radical (unpaired) electrons. The molecule has 1 amide bonds. The molecule has 1 aromatic carbocycles. The molecule has 1 fully saturated rings. The number of carbonyl (C=O) groups is 1. The van der Waals surface area contributed by atoms with Crippen LogP contribution in [-0.2, 0) is 4.74 Å². The fraction of sp³-hybridized carbons (Fsp3) is 0.294. The summed E-state index contributed by atoms with van der Waals surface area (Å²) in [5.74, 6) is 4.89. The summed E-state index contributed by atoms with van der Waals surface area (Å²) >= 11 is 12.4. The zero-order valence-electron chi connectivity index (χ0n) is 13.8. The fourth-order valence-electron chi connectivity index (χ4n) is 3.30. The number of H-pyrrole nitrogens is 1. The van der Waals surface area contributed by atoms with Crippen molar-refractivity contribution < 1.29 is 9.53 Å². The van der Waals surface area contributed by atoms with Gasteiger partial charge in [-0.3, -0.25) is 10.2 Å². The number of benzene rings is 1. The van der Waals surface area contributed by atoms with Crippen molar-refractivity contribution in [3.63, 3.8) is 0 Å². The Morgan fingerprint density at radius 3 is 2.96 bits per heavy atom. The number of nitrogen functional groups attached to an aromatic ring is 1. The Bertz CT molecular complexity index is 975. The maximum absolute atomic E-state index is 12.3. The first-order valence-electron chi connectivity index (χ1n) is 8.27. The molecule has 0 bridgehead atoms. The standard InChI is InChI=1S/C17H17Cl2N5O2/c18-11-5-4-10-13(16(17(25)23-20)22-15(10)14(11)19)9-7-21-24(8-9)12-3-1-2-6-26-12/h4-5,7-8,12,22H,1-3,6,20H2,(H,23,25). The molecule has 1 saturated heterocycles. The highest BCUT2D eigenvalue weighted by molar-refractivity contribution is 6.45. The molecule has 9 heteroatoms. The van der Waals surface area contributed by atoms with E-state index in [1.807, 2.05) is 12.3 Å². The van der Waals surface area contributed by atoms with Crippen LogP contribution >= 0.6 is 23.2 Å². The third-order valence-electron chi connectivity index (χ3n) is 4.56. The van der Waals surface area contributed by atoms with E-state index in [-0.39, 0.29) is 6.23 Å². The van der Waals surface area contributed by atoms with Crippen molar-refractivity contribution in [1.82, 2.24) is 20.2 Å². The van der Waals surface area contributed by atoms with Crippen LogP contribution in [0.2, 0.25) is 10.0 Å². The average Bonchev–Trinajstić information content (AvgIpc) is 3.29. The molecule has 0 aliphatic carbocycles. The Morgan fingerprint density at radius 1 is 1.38 bits per heavy atom. The normalized spacial score (nSPS) is 17.6. The van der Waals surface area contributed by atoms with Crippen LogP contribution < -0.4 is 11.3 Å². The fourth-order valence-corrected chi connectivity index (χ4v) is 3.67. The van der Waals surface area contributed by atoms with Gasteiger partial charge in [0.05, 0.1) is 21.8 Å². The Labute approximate surface area is 159 Å². The van der Waals surface area contributed by atoms with E-state index >= 15 is 0 Å². The number of carbonyl (C=O) groups excluding carboxylic acids is 1. The van der Waals surface area contributed by atoms with Gasteiger partial charge < -0.3 is 9.72 Å². The van der Waals surface area contributed by atoms with Gasteiger partial charge in [-0.25, -0.2) is 10.5 Å². The summed E-state index contributed by atoms with van der Waals surface area (Å²) in [5.41, 5.74) is 4.47. The van der Waals surface area contributed by atoms with Gasteiger partial charge in [0, 0.05) is 29.3 Å². The second kappa shape index (κ2) is 6.92. The third-order valence-corrected chi connectivity index (χ3v) is 5.37. The zero-order chi connectivity index (χ0) is 18.3. The van der Waals surface area contributed by atoms with Crippen LogP contribution in [0.25, 0.3) is 22.0 Å². The molecule has 1 atom stereocenters. The lowest BCUT2D eigenvalue weighted by atomic mass is 10.0. The molecular formula is C17H17Cl2N5O2. The Hall–Kier alpha value is -2.06. The molecule has 1 unspecified atom stereocenters. The van der Waals surface area contributed by atoms with Gasteiger partial charge in [-0.1, -0.05) is 29.3 Å². The number of hydrogen-bond donors (Lipinski definition) is 3. The Balaban J connectivity index is 1.86. The number of amides is 1. The number of halogens is 2. The minimum Gasteiger partial charge on any atom is -0.357 e. The number of hydrazine groups is 1. The number of ether oxygens (including phenoxy) is 1. The maximum atomic E-state index is 12.3. The van der Waals surface area contributed by atoms with E-state index in [1.54, 1.807) is 16.9 Å². The summed E-state index contributed by atoms with van der Waals surface area (Å²) in [5, 5.41) is 5.94. The summed E-state index contributed by atoms with van der Waals surface area (Å²) in [6.45, 7) is 0.724. The number of aromatic nitrogens is 3. The number of nitrogens with two attached hydrogens (primary N) is 1. The lowest BCUT2D eigenvalue weighted by molar-refractivity contribution is -0.0394. The topological polar surface area (TPSA) is 98.0 Å². The number of nitrogens with one attached hydrogen (secondary N) is 2. The molecule has 1 aliphatic heterocycles. The van der Waals surface area contributed by atoms with E-state index in [0.717, 1.165) is 36.8 Å². The van der Waals surface area contributed by atoms with Crippen molar-refractivity contribution in [2.75, 3.05) is 6.61 Å². The highest BCUT2D eigenvalue weighted by Gasteiger charge is 2.23. The molecule has 3 aromatic rings. The Kier molecular flexibility index (Phi) is 4.62. The van der Waals surface area contributed by atoms with Crippen molar-refractivity contribution in [2.24, 2.45) is 5.84 Å². The first-order chi connectivity index (χ1) is 12.6. The van der Waals surface area contributed by atoms with E-state index in [9.17, 15) is 4.79 Å². The minimum atomic E-state index is -0.454. The van der Waals surface area contributed by atoms with Crippen molar-refractivity contribution in [2.45, 2.75) is 25.5 Å². The molecule has 7 nitrogen and oxygen atoms in total. The SMILES string of the molecule is NNC(=O)c1[nH]c2c(Cl)c(Cl)ccc2c1-c1cnn(C2CCCCO2)c1. The van der Waals surface area contributed by atoms with Gasteiger partial charge >= 0.3 is 0 Å². The number of aromatic amines is 1. The smallest absolute Gasteiger partial charge is 0.282 e. The van der Waals surface area contributed by atoms with Gasteiger partial charge in [0.25, 0.3) is 5.91 Å². The van der Waals surface area contributed by atoms with Gasteiger partial charge in [-0.2, -0.15) is 5.10 Å². The van der Waals surface area contributed by atoms with Crippen LogP contribution in [0.5, 0.6) is 0 Å². The summed E-state index contributed by atoms with van der Waals surface area (Å²) in [6, 6.07) is 3.51. The quantitative estimate of drug-likeness (QED) is 0.359. The lowest BCUT2D eigenvalue weighted by Gasteiger charge is -2.22. The van der Waals surface area contributed by atoms with Gasteiger partial charge in [0.1, 0.15) is 11.9 Å². The molecule has 4 rings (SSSR count). The largest absolute Gasteiger partial charge is 0.357 e. The summed E-state index contributed by atoms with van der Waals surface area (Å²) in [4.78, 5) is 15.3. The third kappa shape index (κ3) is 2.87. The first-order valence-corrected chi connectivity index (χ1v) is 9.02. The van der Waals surface area contributed by atoms with Crippen LogP contribution in [0, 0.1) is 0 Å². The summed E-state index contributed by atoms with van der Waals surface area (Å²) in [7, 11) is 0. The predicted octanol–water partition coefficient (Wildman–Crippen LogP) is 3.64. The number of hydrogen-bond acceptors (Lipinski definition) is 4. The molecule has 26 heavy (non-hydrogen) atoms.